The first kappa shape index (κ1) is 29.5. The van der Waals surface area contributed by atoms with Crippen molar-refractivity contribution in [3.05, 3.63) is 70.5 Å². The van der Waals surface area contributed by atoms with Gasteiger partial charge in [-0.05, 0) is 73.8 Å². The van der Waals surface area contributed by atoms with Crippen molar-refractivity contribution in [2.75, 3.05) is 19.6 Å². The lowest BCUT2D eigenvalue weighted by Crippen LogP contribution is -2.59. The van der Waals surface area contributed by atoms with Gasteiger partial charge in [0.05, 0.1) is 36.0 Å². The standard InChI is InChI=1S/C29H32F5N3O4S/c30-23-14-20(29(32,33)34)8-11-22(23)25(17-6-7-17)35-26(38)24-5-2-12-37(24)27(39)18-3-1-4-19(13-18)28(31)15-36(16-28)42(40,41)21-9-10-21/h1,3-4,8,11,13-14,17,21,24-25,27,39H,2,5-7,9-10,12,15-16H2,(H,35,38)/t24-,25-,27?/m1/s1. The van der Waals surface area contributed by atoms with Crippen molar-refractivity contribution in [2.45, 2.75) is 73.9 Å². The largest absolute Gasteiger partial charge is 0.416 e. The number of hydrogen-bond donors (Lipinski definition) is 2. The highest BCUT2D eigenvalue weighted by Crippen LogP contribution is 2.44. The first-order valence-corrected chi connectivity index (χ1v) is 15.7. The second-order valence-corrected chi connectivity index (χ2v) is 14.1. The maximum atomic E-state index is 15.7. The third-order valence-electron chi connectivity index (χ3n) is 8.83. The van der Waals surface area contributed by atoms with E-state index < -0.39 is 62.7 Å². The van der Waals surface area contributed by atoms with Crippen molar-refractivity contribution in [3.63, 3.8) is 0 Å². The van der Waals surface area contributed by atoms with Crippen LogP contribution in [0.2, 0.25) is 0 Å². The summed E-state index contributed by atoms with van der Waals surface area (Å²) >= 11 is 0. The van der Waals surface area contributed by atoms with Gasteiger partial charge in [-0.15, -0.1) is 0 Å². The fourth-order valence-corrected chi connectivity index (χ4v) is 7.99. The monoisotopic (exact) mass is 613 g/mol. The molecule has 4 aliphatic rings. The Hall–Kier alpha value is -2.61. The molecule has 1 amide bonds. The van der Waals surface area contributed by atoms with Crippen molar-refractivity contribution in [1.82, 2.24) is 14.5 Å². The van der Waals surface area contributed by atoms with Gasteiger partial charge >= 0.3 is 6.18 Å². The number of benzene rings is 2. The van der Waals surface area contributed by atoms with E-state index in [-0.39, 0.29) is 30.1 Å². The normalized spacial score (nSPS) is 24.7. The minimum atomic E-state index is -4.69. The number of aliphatic hydroxyl groups excluding tert-OH is 1. The Morgan fingerprint density at radius 2 is 1.76 bits per heavy atom. The van der Waals surface area contributed by atoms with E-state index in [0.717, 1.165) is 16.4 Å². The molecule has 2 aromatic carbocycles. The number of aliphatic hydroxyl groups is 1. The molecule has 4 fully saturated rings. The summed E-state index contributed by atoms with van der Waals surface area (Å²) in [6, 6.07) is 6.94. The predicted octanol–water partition coefficient (Wildman–Crippen LogP) is 4.54. The first-order valence-electron chi connectivity index (χ1n) is 14.2. The van der Waals surface area contributed by atoms with Crippen LogP contribution < -0.4 is 5.32 Å². The summed E-state index contributed by atoms with van der Waals surface area (Å²) in [4.78, 5) is 15.0. The van der Waals surface area contributed by atoms with Crippen LogP contribution in [0.3, 0.4) is 0 Å². The maximum absolute atomic E-state index is 15.7. The van der Waals surface area contributed by atoms with E-state index in [9.17, 15) is 35.9 Å². The van der Waals surface area contributed by atoms with E-state index in [1.807, 2.05) is 0 Å². The summed E-state index contributed by atoms with van der Waals surface area (Å²) in [7, 11) is -3.49. The number of halogens is 5. The summed E-state index contributed by atoms with van der Waals surface area (Å²) in [5.74, 6) is -1.62. The Bertz CT molecular complexity index is 1470. The lowest BCUT2D eigenvalue weighted by atomic mass is 9.89. The molecule has 0 aromatic heterocycles. The zero-order chi connectivity index (χ0) is 30.0. The summed E-state index contributed by atoms with van der Waals surface area (Å²) in [5.41, 5.74) is -2.41. The van der Waals surface area contributed by atoms with E-state index >= 15 is 4.39 Å². The third kappa shape index (κ3) is 5.56. The number of rotatable bonds is 9. The molecule has 6 rings (SSSR count). The summed E-state index contributed by atoms with van der Waals surface area (Å²) in [5, 5.41) is 13.7. The summed E-state index contributed by atoms with van der Waals surface area (Å²) < 4.78 is 95.6. The van der Waals surface area contributed by atoms with Crippen LogP contribution in [0.1, 0.15) is 73.0 Å². The Morgan fingerprint density at radius 1 is 1.05 bits per heavy atom. The molecule has 0 spiro atoms. The Morgan fingerprint density at radius 3 is 2.38 bits per heavy atom. The van der Waals surface area contributed by atoms with Gasteiger partial charge in [-0.2, -0.15) is 17.5 Å². The number of likely N-dealkylation sites (tertiary alicyclic amines) is 1. The van der Waals surface area contributed by atoms with Crippen molar-refractivity contribution < 1.29 is 40.3 Å². The van der Waals surface area contributed by atoms with Crippen molar-refractivity contribution >= 4 is 15.9 Å². The van der Waals surface area contributed by atoms with Gasteiger partial charge in [-0.25, -0.2) is 17.2 Å². The fraction of sp³-hybridized carbons (Fsp3) is 0.552. The van der Waals surface area contributed by atoms with Crippen molar-refractivity contribution in [2.24, 2.45) is 5.92 Å². The van der Waals surface area contributed by atoms with Gasteiger partial charge in [0.2, 0.25) is 15.9 Å². The number of sulfonamides is 1. The fourth-order valence-electron chi connectivity index (χ4n) is 6.07. The van der Waals surface area contributed by atoms with Gasteiger partial charge in [0.15, 0.2) is 5.67 Å². The maximum Gasteiger partial charge on any atom is 0.416 e. The Labute approximate surface area is 240 Å². The molecule has 0 radical (unpaired) electrons. The van der Waals surface area contributed by atoms with Gasteiger partial charge in [0.1, 0.15) is 12.0 Å². The first-order chi connectivity index (χ1) is 19.8. The van der Waals surface area contributed by atoms with Gasteiger partial charge in [0.25, 0.3) is 0 Å². The van der Waals surface area contributed by atoms with Crippen LogP contribution in [-0.4, -0.2) is 59.6 Å². The number of nitrogens with zero attached hydrogens (tertiary/aromatic N) is 2. The molecule has 2 heterocycles. The third-order valence-corrected chi connectivity index (χ3v) is 11.1. The number of carbonyl (C=O) groups excluding carboxylic acids is 1. The zero-order valence-electron chi connectivity index (χ0n) is 22.7. The van der Waals surface area contributed by atoms with Crippen molar-refractivity contribution in [3.8, 4) is 0 Å². The molecule has 2 aliphatic heterocycles. The second kappa shape index (κ2) is 10.5. The molecule has 2 aromatic rings. The van der Waals surface area contributed by atoms with E-state index in [1.54, 1.807) is 23.1 Å². The van der Waals surface area contributed by atoms with Crippen LogP contribution in [0.25, 0.3) is 0 Å². The Kier molecular flexibility index (Phi) is 7.39. The highest BCUT2D eigenvalue weighted by atomic mass is 32.2. The zero-order valence-corrected chi connectivity index (χ0v) is 23.5. The molecule has 3 atom stereocenters. The quantitative estimate of drug-likeness (QED) is 0.406. The van der Waals surface area contributed by atoms with Gasteiger partial charge in [-0.3, -0.25) is 9.69 Å². The molecule has 2 aliphatic carbocycles. The molecule has 2 saturated heterocycles. The van der Waals surface area contributed by atoms with Crippen molar-refractivity contribution in [1.29, 1.82) is 0 Å². The topological polar surface area (TPSA) is 90.0 Å². The number of amides is 1. The van der Waals surface area contributed by atoms with Crippen LogP contribution >= 0.6 is 0 Å². The lowest BCUT2D eigenvalue weighted by molar-refractivity contribution is -0.137. The van der Waals surface area contributed by atoms with E-state index in [2.05, 4.69) is 5.32 Å². The molecule has 7 nitrogen and oxygen atoms in total. The molecule has 228 valence electrons. The van der Waals surface area contributed by atoms with Crippen LogP contribution in [0.4, 0.5) is 22.0 Å². The van der Waals surface area contributed by atoms with Gasteiger partial charge in [-0.1, -0.05) is 24.3 Å². The highest BCUT2D eigenvalue weighted by molar-refractivity contribution is 7.90. The minimum absolute atomic E-state index is 0.0110. The molecule has 0 bridgehead atoms. The Balaban J connectivity index is 1.15. The summed E-state index contributed by atoms with van der Waals surface area (Å²) in [6.07, 6.45) is -2.41. The molecule has 42 heavy (non-hydrogen) atoms. The number of hydrogen-bond acceptors (Lipinski definition) is 5. The lowest BCUT2D eigenvalue weighted by Gasteiger charge is -2.44. The molecule has 1 unspecified atom stereocenters. The second-order valence-electron chi connectivity index (χ2n) is 11.9. The van der Waals surface area contributed by atoms with Crippen LogP contribution in [0, 0.1) is 11.7 Å². The van der Waals surface area contributed by atoms with Crippen LogP contribution in [0.5, 0.6) is 0 Å². The summed E-state index contributed by atoms with van der Waals surface area (Å²) in [6.45, 7) is -0.215. The van der Waals surface area contributed by atoms with E-state index in [1.165, 1.54) is 6.07 Å². The van der Waals surface area contributed by atoms with Crippen LogP contribution in [-0.2, 0) is 26.7 Å². The molecule has 13 heteroatoms. The SMILES string of the molecule is O=C(N[C@@H](c1ccc(C(F)(F)F)cc1F)C1CC1)[C@H]1CCCN1C(O)c1cccc(C2(F)CN(S(=O)(=O)C3CC3)C2)c1. The number of nitrogens with one attached hydrogen (secondary N) is 1. The molecular formula is C29H32F5N3O4S. The van der Waals surface area contributed by atoms with E-state index in [0.29, 0.717) is 56.7 Å². The van der Waals surface area contributed by atoms with Crippen LogP contribution in [0.15, 0.2) is 42.5 Å². The average Bonchev–Trinajstić information content (AvgIpc) is 3.86. The smallest absolute Gasteiger partial charge is 0.374 e. The van der Waals surface area contributed by atoms with Gasteiger partial charge < -0.3 is 10.4 Å². The average molecular weight is 614 g/mol. The highest BCUT2D eigenvalue weighted by Gasteiger charge is 2.54. The molecule has 2 N–H and O–H groups in total. The number of carbonyl (C=O) groups is 1. The minimum Gasteiger partial charge on any atom is -0.374 e. The van der Waals surface area contributed by atoms with E-state index in [4.69, 9.17) is 0 Å². The van der Waals surface area contributed by atoms with Gasteiger partial charge in [0, 0.05) is 12.1 Å². The number of alkyl halides is 4. The molecule has 2 saturated carbocycles. The molecular weight excluding hydrogens is 581 g/mol. The predicted molar refractivity (Wildman–Crippen MR) is 142 cm³/mol.